The molecule has 0 saturated heterocycles. The summed E-state index contributed by atoms with van der Waals surface area (Å²) >= 11 is 6.35. The van der Waals surface area contributed by atoms with Crippen molar-refractivity contribution in [2.75, 3.05) is 14.2 Å². The molecule has 142 valence electrons. The van der Waals surface area contributed by atoms with E-state index in [0.29, 0.717) is 12.1 Å². The summed E-state index contributed by atoms with van der Waals surface area (Å²) in [4.78, 5) is 2.47. The predicted molar refractivity (Wildman–Crippen MR) is 113 cm³/mol. The molecule has 2 aromatic carbocycles. The number of fused-ring (bicyclic) bond motifs is 3. The molecule has 2 atom stereocenters. The maximum atomic E-state index is 6.35. The molecular formula is C23H27ClN2O. The molecule has 27 heavy (non-hydrogen) atoms. The van der Waals surface area contributed by atoms with E-state index >= 15 is 0 Å². The highest BCUT2D eigenvalue weighted by Crippen LogP contribution is 2.40. The first-order chi connectivity index (χ1) is 13.0. The zero-order valence-corrected chi connectivity index (χ0v) is 17.3. The fourth-order valence-electron chi connectivity index (χ4n) is 4.39. The number of rotatable bonds is 4. The summed E-state index contributed by atoms with van der Waals surface area (Å²) in [7, 11) is 3.93. The van der Waals surface area contributed by atoms with E-state index in [4.69, 9.17) is 16.3 Å². The first-order valence-electron chi connectivity index (χ1n) is 9.65. The number of benzene rings is 2. The second-order valence-electron chi connectivity index (χ2n) is 7.67. The smallest absolute Gasteiger partial charge is 0.118 e. The summed E-state index contributed by atoms with van der Waals surface area (Å²) in [5.41, 5.74) is 5.54. The Morgan fingerprint density at radius 1 is 1.11 bits per heavy atom. The molecule has 1 aliphatic heterocycles. The molecule has 0 bridgehead atoms. The van der Waals surface area contributed by atoms with Crippen molar-refractivity contribution in [2.24, 2.45) is 0 Å². The standard InChI is InChI=1S/C23H27ClN2O/c1-15-13-22-23(16(2)25(15)3)20-14-18(24)7-10-21(20)26(22)12-11-17-5-8-19(27-4)9-6-17/h5-10,14-16H,11-13H2,1-4H3. The van der Waals surface area contributed by atoms with Crippen molar-refractivity contribution in [1.29, 1.82) is 0 Å². The Bertz CT molecular complexity index is 961. The molecule has 0 spiro atoms. The van der Waals surface area contributed by atoms with Crippen molar-refractivity contribution in [1.82, 2.24) is 9.47 Å². The number of aromatic nitrogens is 1. The fraction of sp³-hybridized carbons (Fsp3) is 0.391. The van der Waals surface area contributed by atoms with Crippen LogP contribution in [0.25, 0.3) is 10.9 Å². The maximum absolute atomic E-state index is 6.35. The number of methoxy groups -OCH3 is 1. The van der Waals surface area contributed by atoms with E-state index in [1.54, 1.807) is 7.11 Å². The number of ether oxygens (including phenoxy) is 1. The van der Waals surface area contributed by atoms with E-state index in [-0.39, 0.29) is 0 Å². The molecule has 1 aliphatic rings. The van der Waals surface area contributed by atoms with Crippen LogP contribution in [0.3, 0.4) is 0 Å². The van der Waals surface area contributed by atoms with Crippen LogP contribution in [-0.2, 0) is 19.4 Å². The van der Waals surface area contributed by atoms with Crippen molar-refractivity contribution in [2.45, 2.75) is 45.3 Å². The number of likely N-dealkylation sites (N-methyl/N-ethyl adjacent to an activating group) is 1. The van der Waals surface area contributed by atoms with Gasteiger partial charge in [0.25, 0.3) is 0 Å². The van der Waals surface area contributed by atoms with Crippen LogP contribution in [0.15, 0.2) is 42.5 Å². The van der Waals surface area contributed by atoms with Crippen LogP contribution in [0.4, 0.5) is 0 Å². The summed E-state index contributed by atoms with van der Waals surface area (Å²) < 4.78 is 7.79. The molecule has 0 radical (unpaired) electrons. The van der Waals surface area contributed by atoms with Crippen LogP contribution >= 0.6 is 11.6 Å². The highest BCUT2D eigenvalue weighted by atomic mass is 35.5. The van der Waals surface area contributed by atoms with E-state index in [9.17, 15) is 0 Å². The molecular weight excluding hydrogens is 356 g/mol. The number of hydrogen-bond donors (Lipinski definition) is 0. The SMILES string of the molecule is COc1ccc(CCn2c3c(c4cc(Cl)ccc42)C(C)N(C)C(C)C3)cc1. The van der Waals surface area contributed by atoms with Gasteiger partial charge < -0.3 is 9.30 Å². The first-order valence-corrected chi connectivity index (χ1v) is 10.0. The monoisotopic (exact) mass is 382 g/mol. The third-order valence-corrected chi connectivity index (χ3v) is 6.41. The number of aryl methyl sites for hydroxylation is 2. The molecule has 0 aliphatic carbocycles. The summed E-state index contributed by atoms with van der Waals surface area (Å²) in [5, 5.41) is 2.12. The van der Waals surface area contributed by atoms with Gasteiger partial charge in [0.05, 0.1) is 7.11 Å². The van der Waals surface area contributed by atoms with Gasteiger partial charge >= 0.3 is 0 Å². The number of halogens is 1. The summed E-state index contributed by atoms with van der Waals surface area (Å²) in [6, 6.07) is 15.7. The van der Waals surface area contributed by atoms with E-state index in [0.717, 1.165) is 30.2 Å². The van der Waals surface area contributed by atoms with E-state index in [2.05, 4.69) is 54.6 Å². The highest BCUT2D eigenvalue weighted by Gasteiger charge is 2.31. The number of hydrogen-bond acceptors (Lipinski definition) is 2. The summed E-state index contributed by atoms with van der Waals surface area (Å²) in [6.07, 6.45) is 2.08. The molecule has 0 fully saturated rings. The molecule has 4 rings (SSSR count). The average molecular weight is 383 g/mol. The minimum atomic E-state index is 0.395. The topological polar surface area (TPSA) is 17.4 Å². The van der Waals surface area contributed by atoms with Gasteiger partial charge in [-0.05, 0) is 68.8 Å². The van der Waals surface area contributed by atoms with Crippen molar-refractivity contribution in [3.05, 3.63) is 64.3 Å². The van der Waals surface area contributed by atoms with Gasteiger partial charge in [-0.2, -0.15) is 0 Å². The van der Waals surface area contributed by atoms with Crippen LogP contribution in [0, 0.1) is 0 Å². The minimum Gasteiger partial charge on any atom is -0.497 e. The van der Waals surface area contributed by atoms with Crippen molar-refractivity contribution >= 4 is 22.5 Å². The molecule has 0 N–H and O–H groups in total. The van der Waals surface area contributed by atoms with Gasteiger partial charge in [0.2, 0.25) is 0 Å². The Morgan fingerprint density at radius 3 is 2.56 bits per heavy atom. The van der Waals surface area contributed by atoms with Gasteiger partial charge in [0.15, 0.2) is 0 Å². The number of nitrogens with zero attached hydrogens (tertiary/aromatic N) is 2. The largest absolute Gasteiger partial charge is 0.497 e. The molecule has 2 heterocycles. The fourth-order valence-corrected chi connectivity index (χ4v) is 4.56. The molecule has 0 amide bonds. The van der Waals surface area contributed by atoms with Crippen molar-refractivity contribution in [3.63, 3.8) is 0 Å². The van der Waals surface area contributed by atoms with Crippen molar-refractivity contribution < 1.29 is 4.74 Å². The van der Waals surface area contributed by atoms with Crippen LogP contribution in [0.1, 0.15) is 36.7 Å². The van der Waals surface area contributed by atoms with Gasteiger partial charge in [-0.1, -0.05) is 23.7 Å². The lowest BCUT2D eigenvalue weighted by molar-refractivity contribution is 0.177. The lowest BCUT2D eigenvalue weighted by Crippen LogP contribution is -2.38. The van der Waals surface area contributed by atoms with Gasteiger partial charge in [0.1, 0.15) is 5.75 Å². The Balaban J connectivity index is 1.74. The lowest BCUT2D eigenvalue weighted by atomic mass is 9.93. The quantitative estimate of drug-likeness (QED) is 0.594. The highest BCUT2D eigenvalue weighted by molar-refractivity contribution is 6.31. The molecule has 3 aromatic rings. The third kappa shape index (κ3) is 3.24. The Kier molecular flexibility index (Phi) is 4.92. The van der Waals surface area contributed by atoms with E-state index in [1.165, 1.54) is 27.7 Å². The molecule has 2 unspecified atom stereocenters. The first kappa shape index (κ1) is 18.4. The van der Waals surface area contributed by atoms with Crippen LogP contribution in [0.2, 0.25) is 5.02 Å². The Hall–Kier alpha value is -1.97. The van der Waals surface area contributed by atoms with Crippen LogP contribution in [0.5, 0.6) is 5.75 Å². The molecule has 1 aromatic heterocycles. The average Bonchev–Trinajstić information content (AvgIpc) is 2.97. The van der Waals surface area contributed by atoms with Gasteiger partial charge in [0, 0.05) is 46.7 Å². The minimum absolute atomic E-state index is 0.395. The van der Waals surface area contributed by atoms with E-state index in [1.807, 2.05) is 18.2 Å². The Labute approximate surface area is 166 Å². The third-order valence-electron chi connectivity index (χ3n) is 6.17. The van der Waals surface area contributed by atoms with Crippen molar-refractivity contribution in [3.8, 4) is 5.75 Å². The van der Waals surface area contributed by atoms with E-state index < -0.39 is 0 Å². The molecule has 4 heteroatoms. The zero-order chi connectivity index (χ0) is 19.1. The summed E-state index contributed by atoms with van der Waals surface area (Å²) in [6.45, 7) is 5.60. The second kappa shape index (κ2) is 7.21. The van der Waals surface area contributed by atoms with Gasteiger partial charge in [-0.15, -0.1) is 0 Å². The van der Waals surface area contributed by atoms with Crippen LogP contribution < -0.4 is 4.74 Å². The predicted octanol–water partition coefficient (Wildman–Crippen LogP) is 5.48. The van der Waals surface area contributed by atoms with Gasteiger partial charge in [-0.25, -0.2) is 0 Å². The summed E-state index contributed by atoms with van der Waals surface area (Å²) in [5.74, 6) is 0.905. The Morgan fingerprint density at radius 2 is 1.85 bits per heavy atom. The normalized spacial score (nSPS) is 20.0. The second-order valence-corrected chi connectivity index (χ2v) is 8.10. The maximum Gasteiger partial charge on any atom is 0.118 e. The molecule has 0 saturated carbocycles. The zero-order valence-electron chi connectivity index (χ0n) is 16.5. The van der Waals surface area contributed by atoms with Crippen LogP contribution in [-0.4, -0.2) is 29.7 Å². The van der Waals surface area contributed by atoms with Gasteiger partial charge in [-0.3, -0.25) is 4.90 Å². The lowest BCUT2D eigenvalue weighted by Gasteiger charge is -2.37. The molecule has 3 nitrogen and oxygen atoms in total.